The fourth-order valence-corrected chi connectivity index (χ4v) is 2.10. The molecule has 18 heavy (non-hydrogen) atoms. The Morgan fingerprint density at radius 1 is 1.22 bits per heavy atom. The van der Waals surface area contributed by atoms with Gasteiger partial charge in [0, 0.05) is 37.8 Å². The van der Waals surface area contributed by atoms with Crippen molar-refractivity contribution in [2.45, 2.75) is 19.5 Å². The van der Waals surface area contributed by atoms with Crippen molar-refractivity contribution in [3.8, 4) is 0 Å². The molecule has 0 amide bonds. The maximum atomic E-state index is 4.57. The lowest BCUT2D eigenvalue weighted by molar-refractivity contribution is 0.626. The molecule has 1 aliphatic heterocycles. The Hall–Kier alpha value is -1.94. The van der Waals surface area contributed by atoms with Crippen LogP contribution in [-0.4, -0.2) is 16.5 Å². The van der Waals surface area contributed by atoms with Gasteiger partial charge in [0.05, 0.1) is 5.69 Å². The summed E-state index contributed by atoms with van der Waals surface area (Å²) in [7, 11) is 0. The molecule has 2 N–H and O–H groups in total. The van der Waals surface area contributed by atoms with Crippen LogP contribution >= 0.6 is 0 Å². The maximum absolute atomic E-state index is 4.57. The third-order valence-electron chi connectivity index (χ3n) is 3.10. The van der Waals surface area contributed by atoms with Crippen LogP contribution in [0.25, 0.3) is 0 Å². The number of anilines is 1. The van der Waals surface area contributed by atoms with E-state index in [1.165, 1.54) is 16.8 Å². The highest BCUT2D eigenvalue weighted by Crippen LogP contribution is 2.12. The predicted molar refractivity (Wildman–Crippen MR) is 71.2 cm³/mol. The van der Waals surface area contributed by atoms with Crippen LogP contribution in [-0.2, 0) is 19.5 Å². The largest absolute Gasteiger partial charge is 0.350 e. The number of benzene rings is 1. The van der Waals surface area contributed by atoms with Gasteiger partial charge in [-0.1, -0.05) is 30.3 Å². The summed E-state index contributed by atoms with van der Waals surface area (Å²) in [4.78, 5) is 8.91. The summed E-state index contributed by atoms with van der Waals surface area (Å²) in [6.45, 7) is 2.65. The molecule has 0 atom stereocenters. The van der Waals surface area contributed by atoms with Crippen molar-refractivity contribution < 1.29 is 0 Å². The van der Waals surface area contributed by atoms with Crippen molar-refractivity contribution >= 4 is 5.95 Å². The summed E-state index contributed by atoms with van der Waals surface area (Å²) in [6, 6.07) is 10.3. The van der Waals surface area contributed by atoms with Crippen LogP contribution in [0.5, 0.6) is 0 Å². The van der Waals surface area contributed by atoms with Crippen LogP contribution in [0.1, 0.15) is 16.8 Å². The molecular formula is C14H16N4. The highest BCUT2D eigenvalue weighted by atomic mass is 15.1. The lowest BCUT2D eigenvalue weighted by Gasteiger charge is -2.16. The minimum atomic E-state index is 0.722. The molecule has 0 saturated carbocycles. The van der Waals surface area contributed by atoms with Crippen LogP contribution in [0.2, 0.25) is 0 Å². The van der Waals surface area contributed by atoms with Gasteiger partial charge < -0.3 is 10.6 Å². The SMILES string of the molecule is c1ccc(CNc2ncc3c(n2)CCNC3)cc1. The van der Waals surface area contributed by atoms with Gasteiger partial charge in [0.25, 0.3) is 0 Å². The summed E-state index contributed by atoms with van der Waals surface area (Å²) in [5, 5.41) is 6.59. The molecule has 0 saturated heterocycles. The van der Waals surface area contributed by atoms with Crippen LogP contribution in [0, 0.1) is 0 Å². The van der Waals surface area contributed by atoms with Crippen molar-refractivity contribution in [1.82, 2.24) is 15.3 Å². The van der Waals surface area contributed by atoms with Crippen LogP contribution in [0.3, 0.4) is 0 Å². The molecule has 0 unspecified atom stereocenters. The van der Waals surface area contributed by atoms with Gasteiger partial charge in [-0.2, -0.15) is 0 Å². The molecule has 0 aliphatic carbocycles. The van der Waals surface area contributed by atoms with E-state index in [1.54, 1.807) is 0 Å². The number of rotatable bonds is 3. The highest BCUT2D eigenvalue weighted by molar-refractivity contribution is 5.32. The van der Waals surface area contributed by atoms with Gasteiger partial charge in [0.2, 0.25) is 5.95 Å². The van der Waals surface area contributed by atoms with E-state index in [0.717, 1.165) is 32.0 Å². The van der Waals surface area contributed by atoms with Gasteiger partial charge in [-0.15, -0.1) is 0 Å². The molecule has 1 aromatic heterocycles. The normalized spacial score (nSPS) is 14.0. The molecule has 0 spiro atoms. The van der Waals surface area contributed by atoms with Crippen molar-refractivity contribution in [1.29, 1.82) is 0 Å². The van der Waals surface area contributed by atoms with E-state index in [-0.39, 0.29) is 0 Å². The number of fused-ring (bicyclic) bond motifs is 1. The molecule has 2 aromatic rings. The Balaban J connectivity index is 1.70. The molecule has 0 fully saturated rings. The first-order chi connectivity index (χ1) is 8.92. The minimum absolute atomic E-state index is 0.722. The van der Waals surface area contributed by atoms with E-state index in [0.29, 0.717) is 0 Å². The topological polar surface area (TPSA) is 49.8 Å². The standard InChI is InChI=1S/C14H16N4/c1-2-4-11(5-3-1)8-16-14-17-10-12-9-15-7-6-13(12)18-14/h1-5,10,15H,6-9H2,(H,16,17,18). The zero-order chi connectivity index (χ0) is 12.2. The smallest absolute Gasteiger partial charge is 0.223 e. The second-order valence-electron chi connectivity index (χ2n) is 4.43. The fourth-order valence-electron chi connectivity index (χ4n) is 2.10. The van der Waals surface area contributed by atoms with Gasteiger partial charge in [-0.05, 0) is 5.56 Å². The first-order valence-electron chi connectivity index (χ1n) is 6.25. The Morgan fingerprint density at radius 3 is 3.00 bits per heavy atom. The average Bonchev–Trinajstić information content (AvgIpc) is 2.46. The van der Waals surface area contributed by atoms with Gasteiger partial charge in [0.1, 0.15) is 0 Å². The summed E-state index contributed by atoms with van der Waals surface area (Å²) < 4.78 is 0. The summed E-state index contributed by atoms with van der Waals surface area (Å²) >= 11 is 0. The molecule has 0 bridgehead atoms. The first kappa shape index (κ1) is 11.2. The van der Waals surface area contributed by atoms with Crippen LogP contribution < -0.4 is 10.6 Å². The van der Waals surface area contributed by atoms with Gasteiger partial charge in [0.15, 0.2) is 0 Å². The molecule has 2 heterocycles. The van der Waals surface area contributed by atoms with E-state index in [2.05, 4.69) is 32.7 Å². The second kappa shape index (κ2) is 5.14. The third kappa shape index (κ3) is 2.49. The molecule has 92 valence electrons. The second-order valence-corrected chi connectivity index (χ2v) is 4.43. The Labute approximate surface area is 106 Å². The number of hydrogen-bond donors (Lipinski definition) is 2. The van der Waals surface area contributed by atoms with Crippen LogP contribution in [0.15, 0.2) is 36.5 Å². The average molecular weight is 240 g/mol. The minimum Gasteiger partial charge on any atom is -0.350 e. The molecule has 0 radical (unpaired) electrons. The van der Waals surface area contributed by atoms with E-state index in [1.807, 2.05) is 24.4 Å². The lowest BCUT2D eigenvalue weighted by atomic mass is 10.1. The van der Waals surface area contributed by atoms with Crippen LogP contribution in [0.4, 0.5) is 5.95 Å². The number of nitrogens with zero attached hydrogens (tertiary/aromatic N) is 2. The number of nitrogens with one attached hydrogen (secondary N) is 2. The molecule has 1 aliphatic rings. The predicted octanol–water partition coefficient (Wildman–Crippen LogP) is 1.73. The van der Waals surface area contributed by atoms with Crippen molar-refractivity contribution in [3.05, 3.63) is 53.3 Å². The summed E-state index contributed by atoms with van der Waals surface area (Å²) in [5.74, 6) is 0.722. The third-order valence-corrected chi connectivity index (χ3v) is 3.10. The van der Waals surface area contributed by atoms with E-state index >= 15 is 0 Å². The van der Waals surface area contributed by atoms with E-state index < -0.39 is 0 Å². The van der Waals surface area contributed by atoms with E-state index in [4.69, 9.17) is 0 Å². The number of hydrogen-bond acceptors (Lipinski definition) is 4. The van der Waals surface area contributed by atoms with Gasteiger partial charge >= 0.3 is 0 Å². The lowest BCUT2D eigenvalue weighted by Crippen LogP contribution is -2.25. The summed E-state index contributed by atoms with van der Waals surface area (Å²) in [6.07, 6.45) is 2.90. The van der Waals surface area contributed by atoms with Crippen molar-refractivity contribution in [2.75, 3.05) is 11.9 Å². The highest BCUT2D eigenvalue weighted by Gasteiger charge is 2.10. The molecule has 3 rings (SSSR count). The van der Waals surface area contributed by atoms with E-state index in [9.17, 15) is 0 Å². The quantitative estimate of drug-likeness (QED) is 0.858. The fraction of sp³-hybridized carbons (Fsp3) is 0.286. The van der Waals surface area contributed by atoms with Gasteiger partial charge in [-0.3, -0.25) is 0 Å². The first-order valence-corrected chi connectivity index (χ1v) is 6.25. The zero-order valence-electron chi connectivity index (χ0n) is 10.2. The monoisotopic (exact) mass is 240 g/mol. The Kier molecular flexibility index (Phi) is 3.19. The van der Waals surface area contributed by atoms with Crippen molar-refractivity contribution in [3.63, 3.8) is 0 Å². The zero-order valence-corrected chi connectivity index (χ0v) is 10.2. The molecule has 4 nitrogen and oxygen atoms in total. The Bertz CT molecular complexity index is 525. The molecular weight excluding hydrogens is 224 g/mol. The Morgan fingerprint density at radius 2 is 2.11 bits per heavy atom. The van der Waals surface area contributed by atoms with Gasteiger partial charge in [-0.25, -0.2) is 9.97 Å². The molecule has 1 aromatic carbocycles. The maximum Gasteiger partial charge on any atom is 0.223 e. The molecule has 4 heteroatoms. The van der Waals surface area contributed by atoms with Crippen molar-refractivity contribution in [2.24, 2.45) is 0 Å². The number of aromatic nitrogens is 2. The summed E-state index contributed by atoms with van der Waals surface area (Å²) in [5.41, 5.74) is 3.62.